The minimum Gasteiger partial charge on any atom is -0.437 e. The summed E-state index contributed by atoms with van der Waals surface area (Å²) in [6.45, 7) is 4.16. The van der Waals surface area contributed by atoms with E-state index in [-0.39, 0.29) is 5.56 Å². The minimum absolute atomic E-state index is 0.0153. The molecule has 6 heteroatoms. The van der Waals surface area contributed by atoms with Crippen LogP contribution in [-0.2, 0) is 0 Å². The first-order valence-corrected chi connectivity index (χ1v) is 11.2. The molecule has 35 heavy (non-hydrogen) atoms. The van der Waals surface area contributed by atoms with E-state index >= 15 is 0 Å². The molecule has 0 aliphatic rings. The number of carbonyl (C=O) groups is 1. The number of aromatic nitrogens is 2. The Morgan fingerprint density at radius 2 is 1.51 bits per heavy atom. The molecule has 0 spiro atoms. The molecule has 0 fully saturated rings. The van der Waals surface area contributed by atoms with Crippen molar-refractivity contribution in [1.29, 1.82) is 0 Å². The van der Waals surface area contributed by atoms with Gasteiger partial charge in [0.25, 0.3) is 5.91 Å². The molecule has 0 bridgehead atoms. The molecule has 5 rings (SSSR count). The topological polar surface area (TPSA) is 64.1 Å². The van der Waals surface area contributed by atoms with E-state index < -0.39 is 11.7 Å². The van der Waals surface area contributed by atoms with Crippen molar-refractivity contribution >= 4 is 22.4 Å². The lowest BCUT2D eigenvalue weighted by atomic mass is 10.0. The molecule has 172 valence electrons. The number of halogens is 1. The number of amides is 1. The lowest BCUT2D eigenvalue weighted by Crippen LogP contribution is -2.13. The van der Waals surface area contributed by atoms with Crippen molar-refractivity contribution in [3.8, 4) is 22.9 Å². The summed E-state index contributed by atoms with van der Waals surface area (Å²) < 4.78 is 19.9. The van der Waals surface area contributed by atoms with E-state index in [0.717, 1.165) is 22.0 Å². The van der Waals surface area contributed by atoms with E-state index in [1.54, 1.807) is 36.4 Å². The Bertz CT molecular complexity index is 1550. The average Bonchev–Trinajstić information content (AvgIpc) is 2.87. The molecule has 0 unspecified atom stereocenters. The number of anilines is 1. The predicted octanol–water partition coefficient (Wildman–Crippen LogP) is 7.10. The maximum atomic E-state index is 13.9. The maximum absolute atomic E-state index is 13.9. The standard InChI is InChI=1S/C29H22FN3O2/c1-18-11-12-20(17-19(18)2)27-23-7-3-4-8-24(23)29(33-32-27)35-22-15-13-21(14-16-22)31-28(34)25-9-5-6-10-26(25)30/h3-17H,1-2H3,(H,31,34). The number of nitrogens with one attached hydrogen (secondary N) is 1. The zero-order valence-electron chi connectivity index (χ0n) is 19.2. The van der Waals surface area contributed by atoms with Crippen LogP contribution in [0.2, 0.25) is 0 Å². The van der Waals surface area contributed by atoms with Gasteiger partial charge in [0.15, 0.2) is 0 Å². The fourth-order valence-corrected chi connectivity index (χ4v) is 3.82. The van der Waals surface area contributed by atoms with Gasteiger partial charge in [0.2, 0.25) is 5.88 Å². The van der Waals surface area contributed by atoms with Gasteiger partial charge in [0.1, 0.15) is 17.3 Å². The van der Waals surface area contributed by atoms with Gasteiger partial charge >= 0.3 is 0 Å². The van der Waals surface area contributed by atoms with Crippen LogP contribution >= 0.6 is 0 Å². The number of rotatable bonds is 5. The van der Waals surface area contributed by atoms with Gasteiger partial charge in [-0.1, -0.05) is 42.5 Å². The van der Waals surface area contributed by atoms with Gasteiger partial charge < -0.3 is 10.1 Å². The van der Waals surface area contributed by atoms with Crippen molar-refractivity contribution < 1.29 is 13.9 Å². The Morgan fingerprint density at radius 3 is 2.26 bits per heavy atom. The smallest absolute Gasteiger partial charge is 0.258 e. The molecule has 0 aliphatic carbocycles. The van der Waals surface area contributed by atoms with Crippen LogP contribution in [0.25, 0.3) is 22.0 Å². The van der Waals surface area contributed by atoms with E-state index in [0.29, 0.717) is 17.3 Å². The molecule has 0 aliphatic heterocycles. The van der Waals surface area contributed by atoms with Gasteiger partial charge in [0, 0.05) is 22.0 Å². The number of hydrogen-bond acceptors (Lipinski definition) is 4. The zero-order chi connectivity index (χ0) is 24.4. The first-order valence-electron chi connectivity index (χ1n) is 11.2. The molecule has 0 saturated heterocycles. The highest BCUT2D eigenvalue weighted by Crippen LogP contribution is 2.33. The highest BCUT2D eigenvalue weighted by molar-refractivity contribution is 6.04. The second-order valence-electron chi connectivity index (χ2n) is 8.26. The summed E-state index contributed by atoms with van der Waals surface area (Å²) in [7, 11) is 0. The van der Waals surface area contributed by atoms with Crippen LogP contribution in [0.1, 0.15) is 21.5 Å². The summed E-state index contributed by atoms with van der Waals surface area (Å²) in [5.41, 5.74) is 4.71. The molecule has 0 radical (unpaired) electrons. The maximum Gasteiger partial charge on any atom is 0.258 e. The molecule has 1 N–H and O–H groups in total. The van der Waals surface area contributed by atoms with Crippen molar-refractivity contribution in [1.82, 2.24) is 10.2 Å². The van der Waals surface area contributed by atoms with Crippen LogP contribution in [0.15, 0.2) is 91.0 Å². The van der Waals surface area contributed by atoms with Crippen molar-refractivity contribution in [2.75, 3.05) is 5.32 Å². The Balaban J connectivity index is 1.39. The first kappa shape index (κ1) is 22.2. The predicted molar refractivity (Wildman–Crippen MR) is 135 cm³/mol. The number of ether oxygens (including phenoxy) is 1. The highest BCUT2D eigenvalue weighted by Gasteiger charge is 2.14. The van der Waals surface area contributed by atoms with Crippen molar-refractivity contribution in [2.24, 2.45) is 0 Å². The quantitative estimate of drug-likeness (QED) is 0.302. The van der Waals surface area contributed by atoms with Gasteiger partial charge in [-0.2, -0.15) is 0 Å². The van der Waals surface area contributed by atoms with Gasteiger partial charge in [-0.15, -0.1) is 10.2 Å². The Hall–Kier alpha value is -4.58. The molecule has 5 aromatic rings. The van der Waals surface area contributed by atoms with Crippen LogP contribution < -0.4 is 10.1 Å². The van der Waals surface area contributed by atoms with Crippen LogP contribution in [0.3, 0.4) is 0 Å². The molecular formula is C29H22FN3O2. The molecule has 0 saturated carbocycles. The average molecular weight is 464 g/mol. The molecule has 1 aromatic heterocycles. The molecular weight excluding hydrogens is 441 g/mol. The fourth-order valence-electron chi connectivity index (χ4n) is 3.82. The summed E-state index contributed by atoms with van der Waals surface area (Å²) in [6, 6.07) is 26.7. The molecule has 4 aromatic carbocycles. The number of carbonyl (C=O) groups excluding carboxylic acids is 1. The Kier molecular flexibility index (Phi) is 5.94. The number of aryl methyl sites for hydroxylation is 2. The van der Waals surface area contributed by atoms with Crippen LogP contribution in [0.5, 0.6) is 11.6 Å². The first-order chi connectivity index (χ1) is 17.0. The van der Waals surface area contributed by atoms with Crippen LogP contribution in [-0.4, -0.2) is 16.1 Å². The lowest BCUT2D eigenvalue weighted by Gasteiger charge is -2.12. The van der Waals surface area contributed by atoms with E-state index in [4.69, 9.17) is 4.74 Å². The molecule has 0 atom stereocenters. The summed E-state index contributed by atoms with van der Waals surface area (Å²) in [4.78, 5) is 12.3. The number of fused-ring (bicyclic) bond motifs is 1. The summed E-state index contributed by atoms with van der Waals surface area (Å²) in [6.07, 6.45) is 0. The van der Waals surface area contributed by atoms with Crippen molar-refractivity contribution in [3.63, 3.8) is 0 Å². The highest BCUT2D eigenvalue weighted by atomic mass is 19.1. The van der Waals surface area contributed by atoms with Crippen LogP contribution in [0.4, 0.5) is 10.1 Å². The van der Waals surface area contributed by atoms with Gasteiger partial charge in [-0.05, 0) is 73.5 Å². The SMILES string of the molecule is Cc1ccc(-c2nnc(Oc3ccc(NC(=O)c4ccccc4F)cc3)c3ccccc23)cc1C. The number of nitrogens with zero attached hydrogens (tertiary/aromatic N) is 2. The Labute approximate surface area is 202 Å². The van der Waals surface area contributed by atoms with Crippen molar-refractivity contribution in [3.05, 3.63) is 114 Å². The molecule has 1 heterocycles. The third-order valence-corrected chi connectivity index (χ3v) is 5.88. The largest absolute Gasteiger partial charge is 0.437 e. The zero-order valence-corrected chi connectivity index (χ0v) is 19.2. The number of benzene rings is 4. The second kappa shape index (κ2) is 9.35. The summed E-state index contributed by atoms with van der Waals surface area (Å²) in [5.74, 6) is -0.168. The monoisotopic (exact) mass is 463 g/mol. The third kappa shape index (κ3) is 4.59. The second-order valence-corrected chi connectivity index (χ2v) is 8.26. The van der Waals surface area contributed by atoms with E-state index in [2.05, 4.69) is 41.5 Å². The summed E-state index contributed by atoms with van der Waals surface area (Å²) in [5, 5.41) is 13.3. The van der Waals surface area contributed by atoms with E-state index in [1.807, 2.05) is 30.3 Å². The Morgan fingerprint density at radius 1 is 0.800 bits per heavy atom. The van der Waals surface area contributed by atoms with Crippen molar-refractivity contribution in [2.45, 2.75) is 13.8 Å². The number of hydrogen-bond donors (Lipinski definition) is 1. The van der Waals surface area contributed by atoms with E-state index in [9.17, 15) is 9.18 Å². The van der Waals surface area contributed by atoms with Gasteiger partial charge in [-0.25, -0.2) is 4.39 Å². The van der Waals surface area contributed by atoms with Crippen LogP contribution in [0, 0.1) is 19.7 Å². The fraction of sp³-hybridized carbons (Fsp3) is 0.0690. The molecule has 1 amide bonds. The minimum atomic E-state index is -0.570. The summed E-state index contributed by atoms with van der Waals surface area (Å²) >= 11 is 0. The third-order valence-electron chi connectivity index (χ3n) is 5.88. The van der Waals surface area contributed by atoms with Gasteiger partial charge in [0.05, 0.1) is 5.56 Å². The lowest BCUT2D eigenvalue weighted by molar-refractivity contribution is 0.102. The normalized spacial score (nSPS) is 10.8. The van der Waals surface area contributed by atoms with E-state index in [1.165, 1.54) is 23.3 Å². The van der Waals surface area contributed by atoms with Gasteiger partial charge in [-0.3, -0.25) is 4.79 Å². The molecule has 5 nitrogen and oxygen atoms in total.